The number of para-hydroxylation sites is 2. The van der Waals surface area contributed by atoms with Gasteiger partial charge in [-0.15, -0.1) is 0 Å². The van der Waals surface area contributed by atoms with Crippen LogP contribution in [0.1, 0.15) is 99.6 Å². The van der Waals surface area contributed by atoms with Crippen LogP contribution in [-0.2, 0) is 12.8 Å². The molecule has 4 aromatic carbocycles. The maximum atomic E-state index is 16.7. The molecule has 6 aromatic rings. The number of fused-ring (bicyclic) bond motifs is 6. The summed E-state index contributed by atoms with van der Waals surface area (Å²) < 4.78 is 125. The summed E-state index contributed by atoms with van der Waals surface area (Å²) in [6, 6.07) is 17.1. The first kappa shape index (κ1) is 49.5. The molecule has 380 valence electrons. The number of nitrogens with zero attached hydrogens (tertiary/aromatic N) is 4. The zero-order valence-corrected chi connectivity index (χ0v) is 41.3. The summed E-state index contributed by atoms with van der Waals surface area (Å²) in [7, 11) is 0. The first-order valence-electron chi connectivity index (χ1n) is 25.3. The van der Waals surface area contributed by atoms with Crippen LogP contribution in [0.2, 0.25) is 0 Å². The zero-order valence-electron chi connectivity index (χ0n) is 41.3. The third kappa shape index (κ3) is 10.0. The molecule has 15 heteroatoms. The minimum atomic E-state index is -1.78. The Hall–Kier alpha value is -5.09. The van der Waals surface area contributed by atoms with E-state index in [-0.39, 0.29) is 73.5 Å². The molecule has 2 unspecified atom stereocenters. The summed E-state index contributed by atoms with van der Waals surface area (Å²) in [6.45, 7) is 10.5. The molecule has 0 radical (unpaired) electrons. The Morgan fingerprint density at radius 2 is 1.13 bits per heavy atom. The molecule has 2 N–H and O–H groups in total. The van der Waals surface area contributed by atoms with E-state index in [1.165, 1.54) is 52.0 Å². The van der Waals surface area contributed by atoms with E-state index in [9.17, 15) is 4.39 Å². The Balaban J connectivity index is 0.897. The molecule has 2 aromatic heterocycles. The summed E-state index contributed by atoms with van der Waals surface area (Å²) in [5.74, 6) is -3.57. The van der Waals surface area contributed by atoms with E-state index in [1.54, 1.807) is 0 Å². The molecule has 4 aliphatic heterocycles. The quantitative estimate of drug-likeness (QED) is 0.0888. The number of alkyl halides is 3. The van der Waals surface area contributed by atoms with Gasteiger partial charge < -0.3 is 19.4 Å². The predicted octanol–water partition coefficient (Wildman–Crippen LogP) is 11.6. The number of hydrogen-bond acceptors (Lipinski definition) is 6. The summed E-state index contributed by atoms with van der Waals surface area (Å²) in [5, 5.41) is 1.86. The molecule has 71 heavy (non-hydrogen) atoms. The number of aromatic nitrogens is 2. The lowest BCUT2D eigenvalue weighted by Crippen LogP contribution is -2.61. The largest absolute Gasteiger partial charge is 0.492 e. The Morgan fingerprint density at radius 1 is 0.648 bits per heavy atom. The van der Waals surface area contributed by atoms with Crippen LogP contribution in [0.25, 0.3) is 21.8 Å². The predicted molar refractivity (Wildman–Crippen MR) is 264 cm³/mol. The van der Waals surface area contributed by atoms with Crippen molar-refractivity contribution >= 4 is 21.8 Å². The van der Waals surface area contributed by atoms with Crippen LogP contribution in [0.15, 0.2) is 72.8 Å². The van der Waals surface area contributed by atoms with E-state index in [1.807, 2.05) is 65.3 Å². The maximum Gasteiger partial charge on any atom is 0.135 e. The number of hydrogen-bond donors (Lipinski definition) is 2. The second-order valence-corrected chi connectivity index (χ2v) is 21.7. The fraction of sp³-hybridized carbons (Fsp3) is 0.500. The molecule has 4 aliphatic rings. The number of ether oxygens (including phenoxy) is 2. The Morgan fingerprint density at radius 3 is 1.65 bits per heavy atom. The number of likely N-dealkylation sites (tertiary alicyclic amines) is 2. The third-order valence-electron chi connectivity index (χ3n) is 15.4. The van der Waals surface area contributed by atoms with Crippen LogP contribution < -0.4 is 9.47 Å². The van der Waals surface area contributed by atoms with Crippen molar-refractivity contribution in [2.45, 2.75) is 108 Å². The molecule has 0 amide bonds. The molecule has 0 bridgehead atoms. The second kappa shape index (κ2) is 19.7. The molecule has 6 heterocycles. The fourth-order valence-electron chi connectivity index (χ4n) is 12.2. The van der Waals surface area contributed by atoms with E-state index >= 15 is 26.3 Å². The molecule has 0 spiro atoms. The lowest BCUT2D eigenvalue weighted by atomic mass is 9.79. The van der Waals surface area contributed by atoms with Gasteiger partial charge in [0.05, 0.1) is 18.8 Å². The Labute approximate surface area is 411 Å². The molecule has 2 saturated heterocycles. The van der Waals surface area contributed by atoms with Crippen molar-refractivity contribution in [1.29, 1.82) is 0 Å². The zero-order chi connectivity index (χ0) is 49.9. The minimum absolute atomic E-state index is 0.0204. The van der Waals surface area contributed by atoms with Crippen molar-refractivity contribution < 1.29 is 40.2 Å². The van der Waals surface area contributed by atoms with Gasteiger partial charge in [-0.25, -0.2) is 26.3 Å². The topological polar surface area (TPSA) is 63.0 Å². The number of aromatic amines is 2. The van der Waals surface area contributed by atoms with Crippen molar-refractivity contribution in [3.8, 4) is 11.5 Å². The van der Waals surface area contributed by atoms with Crippen LogP contribution in [0.4, 0.5) is 30.7 Å². The molecular weight excluding hydrogens is 922 g/mol. The van der Waals surface area contributed by atoms with Crippen LogP contribution >= 0.6 is 0 Å². The summed E-state index contributed by atoms with van der Waals surface area (Å²) in [5.41, 5.74) is 0.802. The van der Waals surface area contributed by atoms with Gasteiger partial charge in [0.1, 0.15) is 59.3 Å². The van der Waals surface area contributed by atoms with Gasteiger partial charge in [-0.05, 0) is 103 Å². The lowest BCUT2D eigenvalue weighted by Gasteiger charge is -2.52. The van der Waals surface area contributed by atoms with Crippen molar-refractivity contribution in [3.63, 3.8) is 0 Å². The number of benzene rings is 4. The summed E-state index contributed by atoms with van der Waals surface area (Å²) >= 11 is 0. The molecular formula is C56H65F7N6O2. The maximum absolute atomic E-state index is 16.7. The third-order valence-corrected chi connectivity index (χ3v) is 15.4. The van der Waals surface area contributed by atoms with E-state index in [0.717, 1.165) is 58.9 Å². The van der Waals surface area contributed by atoms with Gasteiger partial charge in [0.25, 0.3) is 0 Å². The molecule has 0 saturated carbocycles. The average Bonchev–Trinajstić information content (AvgIpc) is 4.05. The highest BCUT2D eigenvalue weighted by Gasteiger charge is 2.47. The van der Waals surface area contributed by atoms with E-state index in [2.05, 4.69) is 19.8 Å². The number of nitrogens with one attached hydrogen (secondary N) is 2. The second-order valence-electron chi connectivity index (χ2n) is 21.7. The average molecular weight is 987 g/mol. The van der Waals surface area contributed by atoms with Crippen LogP contribution in [0.3, 0.4) is 0 Å². The van der Waals surface area contributed by atoms with Gasteiger partial charge in [-0.2, -0.15) is 0 Å². The van der Waals surface area contributed by atoms with Crippen molar-refractivity contribution in [2.24, 2.45) is 5.92 Å². The monoisotopic (exact) mass is 987 g/mol. The van der Waals surface area contributed by atoms with Crippen molar-refractivity contribution in [1.82, 2.24) is 29.6 Å². The van der Waals surface area contributed by atoms with Gasteiger partial charge in [0, 0.05) is 125 Å². The van der Waals surface area contributed by atoms with Gasteiger partial charge in [-0.3, -0.25) is 24.0 Å². The van der Waals surface area contributed by atoms with Crippen molar-refractivity contribution in [2.75, 3.05) is 65.7 Å². The molecule has 8 nitrogen and oxygen atoms in total. The van der Waals surface area contributed by atoms with Gasteiger partial charge >= 0.3 is 0 Å². The van der Waals surface area contributed by atoms with Gasteiger partial charge in [-0.1, -0.05) is 36.4 Å². The van der Waals surface area contributed by atoms with Crippen molar-refractivity contribution in [3.05, 3.63) is 130 Å². The summed E-state index contributed by atoms with van der Waals surface area (Å²) in [4.78, 5) is 14.8. The number of H-pyrrole nitrogens is 2. The van der Waals surface area contributed by atoms with Gasteiger partial charge in [0.15, 0.2) is 0 Å². The standard InChI is InChI=1S/C56H65F7N6O2/c1-33-22-40-38-12-6-8-14-46(38)64-51(40)53(68(33)31-55(2,3)62)49-42(58)27-37(28-43(49)59)71-21-19-67-30-34(29-57)48(67)24-35-23-41-39-13-7-9-15-47(39)65-52(41)54(69(35)32-56(4,5)63)50-44(60)25-36(26-45(50)61)70-20-18-66-16-10-11-17-66/h6-9,12-15,25-28,33-35,48,53-54,64-65H,10-11,16-24,29-32H2,1-5H3/t33-,34?,35+,48?,53-,54-/m1/s1. The highest BCUT2D eigenvalue weighted by atomic mass is 19.2. The molecule has 10 rings (SSSR count). The normalized spacial score (nSPS) is 23.6. The first-order valence-corrected chi connectivity index (χ1v) is 25.3. The highest BCUT2D eigenvalue weighted by molar-refractivity contribution is 5.86. The smallest absolute Gasteiger partial charge is 0.135 e. The highest BCUT2D eigenvalue weighted by Crippen LogP contribution is 2.47. The molecule has 6 atom stereocenters. The molecule has 2 fully saturated rings. The van der Waals surface area contributed by atoms with Crippen LogP contribution in [0, 0.1) is 29.2 Å². The Kier molecular flexibility index (Phi) is 13.8. The van der Waals surface area contributed by atoms with Crippen LogP contribution in [-0.4, -0.2) is 125 Å². The SMILES string of the molecule is C[C@@H]1Cc2c([nH]c3ccccc23)[C@@H](c2c(F)cc(OCCN3CC(CF)C3C[C@@H]3Cc4c([nH]c5ccccc45)[C@@H](c4c(F)cc(OCCN5CCCC5)cc4F)N3CC(C)(C)F)cc2F)N1CC(C)(C)F. The number of halogens is 7. The fourth-order valence-corrected chi connectivity index (χ4v) is 12.2. The number of rotatable bonds is 17. The van der Waals surface area contributed by atoms with E-state index < -0.39 is 59.4 Å². The van der Waals surface area contributed by atoms with Crippen LogP contribution in [0.5, 0.6) is 11.5 Å². The summed E-state index contributed by atoms with van der Waals surface area (Å²) in [6.07, 6.45) is 3.57. The molecule has 0 aliphatic carbocycles. The minimum Gasteiger partial charge on any atom is -0.492 e. The Bertz CT molecular complexity index is 2820. The van der Waals surface area contributed by atoms with E-state index in [0.29, 0.717) is 43.7 Å². The van der Waals surface area contributed by atoms with Gasteiger partial charge in [0.2, 0.25) is 0 Å². The lowest BCUT2D eigenvalue weighted by molar-refractivity contribution is -0.0373. The van der Waals surface area contributed by atoms with E-state index in [4.69, 9.17) is 9.47 Å². The first-order chi connectivity index (χ1) is 33.9.